The summed E-state index contributed by atoms with van der Waals surface area (Å²) in [6.45, 7) is 10.2. The lowest BCUT2D eigenvalue weighted by atomic mass is 9.64. The molecular weight excluding hydrogens is 224 g/mol. The Balaban J connectivity index is 1.88. The van der Waals surface area contributed by atoms with Crippen LogP contribution in [0, 0.1) is 5.41 Å². The van der Waals surface area contributed by atoms with Crippen LogP contribution in [0.15, 0.2) is 4.52 Å². The molecule has 1 aromatic rings. The Morgan fingerprint density at radius 3 is 2.67 bits per heavy atom. The standard InChI is InChI=1S/C15H24N2O/c1-14(2)7-12-13(15(3,4)9-14)11(17-18-12)8-16-10-5-6-10/h10,16H,5-9H2,1-4H3. The predicted octanol–water partition coefficient (Wildman–Crippen LogP) is 3.18. The molecular formula is C15H24N2O. The average Bonchev–Trinajstić information content (AvgIpc) is 2.94. The molecule has 1 fully saturated rings. The first-order valence-corrected chi connectivity index (χ1v) is 7.09. The summed E-state index contributed by atoms with van der Waals surface area (Å²) in [5.74, 6) is 1.11. The fourth-order valence-corrected chi connectivity index (χ4v) is 3.68. The average molecular weight is 248 g/mol. The Morgan fingerprint density at radius 1 is 1.28 bits per heavy atom. The van der Waals surface area contributed by atoms with E-state index in [1.807, 2.05) is 0 Å². The molecule has 1 N–H and O–H groups in total. The molecule has 0 amide bonds. The first kappa shape index (κ1) is 12.2. The number of hydrogen-bond donors (Lipinski definition) is 1. The molecule has 0 unspecified atom stereocenters. The lowest BCUT2D eigenvalue weighted by Crippen LogP contribution is -2.35. The van der Waals surface area contributed by atoms with Crippen LogP contribution in [0.1, 0.15) is 64.0 Å². The first-order chi connectivity index (χ1) is 8.37. The third kappa shape index (κ3) is 2.20. The van der Waals surface area contributed by atoms with Gasteiger partial charge in [0.25, 0.3) is 0 Å². The number of hydrogen-bond acceptors (Lipinski definition) is 3. The molecule has 1 saturated carbocycles. The lowest BCUT2D eigenvalue weighted by Gasteiger charge is -2.39. The molecule has 1 heterocycles. The molecule has 0 saturated heterocycles. The summed E-state index contributed by atoms with van der Waals surface area (Å²) in [6.07, 6.45) is 4.85. The van der Waals surface area contributed by atoms with Crippen LogP contribution >= 0.6 is 0 Å². The number of nitrogens with zero attached hydrogens (tertiary/aromatic N) is 1. The summed E-state index contributed by atoms with van der Waals surface area (Å²) < 4.78 is 5.62. The molecule has 3 nitrogen and oxygen atoms in total. The van der Waals surface area contributed by atoms with Gasteiger partial charge in [0, 0.05) is 24.6 Å². The zero-order valence-electron chi connectivity index (χ0n) is 12.0. The minimum absolute atomic E-state index is 0.178. The summed E-state index contributed by atoms with van der Waals surface area (Å²) >= 11 is 0. The number of rotatable bonds is 3. The Morgan fingerprint density at radius 2 is 2.00 bits per heavy atom. The predicted molar refractivity (Wildman–Crippen MR) is 71.5 cm³/mol. The van der Waals surface area contributed by atoms with Crippen molar-refractivity contribution in [3.8, 4) is 0 Å². The van der Waals surface area contributed by atoms with Crippen molar-refractivity contribution in [2.45, 2.75) is 71.4 Å². The van der Waals surface area contributed by atoms with E-state index in [0.29, 0.717) is 5.41 Å². The van der Waals surface area contributed by atoms with Gasteiger partial charge in [-0.25, -0.2) is 0 Å². The third-order valence-corrected chi connectivity index (χ3v) is 4.21. The number of nitrogens with one attached hydrogen (secondary N) is 1. The zero-order chi connectivity index (χ0) is 13.0. The highest BCUT2D eigenvalue weighted by atomic mass is 16.5. The van der Waals surface area contributed by atoms with Crippen LogP contribution in [-0.4, -0.2) is 11.2 Å². The van der Waals surface area contributed by atoms with E-state index in [1.165, 1.54) is 24.8 Å². The molecule has 0 aromatic carbocycles. The summed E-state index contributed by atoms with van der Waals surface area (Å²) in [5.41, 5.74) is 3.00. The molecule has 2 aliphatic carbocycles. The smallest absolute Gasteiger partial charge is 0.141 e. The van der Waals surface area contributed by atoms with Gasteiger partial charge < -0.3 is 9.84 Å². The fourth-order valence-electron chi connectivity index (χ4n) is 3.68. The van der Waals surface area contributed by atoms with E-state index in [2.05, 4.69) is 38.2 Å². The molecule has 18 heavy (non-hydrogen) atoms. The molecule has 3 rings (SSSR count). The van der Waals surface area contributed by atoms with E-state index >= 15 is 0 Å². The molecule has 2 aliphatic rings. The van der Waals surface area contributed by atoms with Gasteiger partial charge in [-0.15, -0.1) is 0 Å². The Kier molecular flexibility index (Phi) is 2.60. The van der Waals surface area contributed by atoms with Gasteiger partial charge in [-0.3, -0.25) is 0 Å². The molecule has 0 bridgehead atoms. The topological polar surface area (TPSA) is 38.1 Å². The van der Waals surface area contributed by atoms with Crippen molar-refractivity contribution in [1.82, 2.24) is 10.5 Å². The Hall–Kier alpha value is -0.830. The maximum absolute atomic E-state index is 5.62. The van der Waals surface area contributed by atoms with Gasteiger partial charge >= 0.3 is 0 Å². The second-order valence-electron chi connectivity index (χ2n) is 7.48. The Bertz CT molecular complexity index is 455. The summed E-state index contributed by atoms with van der Waals surface area (Å²) in [7, 11) is 0. The minimum Gasteiger partial charge on any atom is -0.361 e. The van der Waals surface area contributed by atoms with Crippen molar-refractivity contribution < 1.29 is 4.52 Å². The van der Waals surface area contributed by atoms with Crippen molar-refractivity contribution in [2.75, 3.05) is 0 Å². The third-order valence-electron chi connectivity index (χ3n) is 4.21. The Labute approximate surface area is 109 Å². The van der Waals surface area contributed by atoms with Crippen molar-refractivity contribution >= 4 is 0 Å². The van der Waals surface area contributed by atoms with Crippen molar-refractivity contribution in [1.29, 1.82) is 0 Å². The summed E-state index contributed by atoms with van der Waals surface area (Å²) in [4.78, 5) is 0. The maximum atomic E-state index is 5.62. The second-order valence-corrected chi connectivity index (χ2v) is 7.48. The van der Waals surface area contributed by atoms with Crippen LogP contribution in [0.4, 0.5) is 0 Å². The van der Waals surface area contributed by atoms with E-state index in [9.17, 15) is 0 Å². The minimum atomic E-state index is 0.178. The fraction of sp³-hybridized carbons (Fsp3) is 0.800. The van der Waals surface area contributed by atoms with Crippen LogP contribution in [0.3, 0.4) is 0 Å². The molecule has 3 heteroatoms. The van der Waals surface area contributed by atoms with E-state index in [4.69, 9.17) is 4.52 Å². The molecule has 1 aromatic heterocycles. The van der Waals surface area contributed by atoms with E-state index in [1.54, 1.807) is 0 Å². The van der Waals surface area contributed by atoms with Crippen molar-refractivity contribution in [3.63, 3.8) is 0 Å². The van der Waals surface area contributed by atoms with Gasteiger partial charge in [0.05, 0.1) is 0 Å². The molecule has 100 valence electrons. The normalized spacial score (nSPS) is 24.9. The first-order valence-electron chi connectivity index (χ1n) is 7.09. The van der Waals surface area contributed by atoms with E-state index in [-0.39, 0.29) is 5.41 Å². The molecule has 0 aliphatic heterocycles. The van der Waals surface area contributed by atoms with Crippen molar-refractivity contribution in [2.24, 2.45) is 5.41 Å². The largest absolute Gasteiger partial charge is 0.361 e. The second kappa shape index (κ2) is 3.83. The quantitative estimate of drug-likeness (QED) is 0.892. The SMILES string of the molecule is CC1(C)Cc2onc(CNC3CC3)c2C(C)(C)C1. The summed E-state index contributed by atoms with van der Waals surface area (Å²) in [6, 6.07) is 0.723. The van der Waals surface area contributed by atoms with Gasteiger partial charge in [0.15, 0.2) is 0 Å². The number of aromatic nitrogens is 1. The van der Waals surface area contributed by atoms with Gasteiger partial charge in [0.2, 0.25) is 0 Å². The highest BCUT2D eigenvalue weighted by Crippen LogP contribution is 2.46. The highest BCUT2D eigenvalue weighted by molar-refractivity contribution is 5.35. The van der Waals surface area contributed by atoms with Crippen LogP contribution in [-0.2, 0) is 18.4 Å². The highest BCUT2D eigenvalue weighted by Gasteiger charge is 2.42. The molecule has 0 radical (unpaired) electrons. The zero-order valence-corrected chi connectivity index (χ0v) is 12.0. The monoisotopic (exact) mass is 248 g/mol. The van der Waals surface area contributed by atoms with E-state index in [0.717, 1.165) is 30.5 Å². The van der Waals surface area contributed by atoms with Crippen molar-refractivity contribution in [3.05, 3.63) is 17.0 Å². The molecule has 0 atom stereocenters. The van der Waals surface area contributed by atoms with Gasteiger partial charge in [-0.05, 0) is 30.1 Å². The maximum Gasteiger partial charge on any atom is 0.141 e. The lowest BCUT2D eigenvalue weighted by molar-refractivity contribution is 0.203. The van der Waals surface area contributed by atoms with E-state index < -0.39 is 0 Å². The molecule has 0 spiro atoms. The van der Waals surface area contributed by atoms with Gasteiger partial charge in [0.1, 0.15) is 11.5 Å². The van der Waals surface area contributed by atoms with Crippen LogP contribution < -0.4 is 5.32 Å². The van der Waals surface area contributed by atoms with Crippen LogP contribution in [0.5, 0.6) is 0 Å². The van der Waals surface area contributed by atoms with Crippen LogP contribution in [0.25, 0.3) is 0 Å². The summed E-state index contributed by atoms with van der Waals surface area (Å²) in [5, 5.41) is 7.87. The van der Waals surface area contributed by atoms with Gasteiger partial charge in [-0.2, -0.15) is 0 Å². The van der Waals surface area contributed by atoms with Crippen LogP contribution in [0.2, 0.25) is 0 Å². The number of fused-ring (bicyclic) bond motifs is 1. The van der Waals surface area contributed by atoms with Gasteiger partial charge in [-0.1, -0.05) is 32.9 Å².